The molecule has 0 radical (unpaired) electrons. The van der Waals surface area contributed by atoms with E-state index in [1.165, 1.54) is 0 Å². The van der Waals surface area contributed by atoms with E-state index in [0.29, 0.717) is 6.54 Å². The number of hydrogen-bond acceptors (Lipinski definition) is 3. The predicted octanol–water partition coefficient (Wildman–Crippen LogP) is 3.58. The molecular weight excluding hydrogens is 324 g/mol. The molecule has 0 fully saturated rings. The molecule has 2 heterocycles. The lowest BCUT2D eigenvalue weighted by atomic mass is 10.3. The Hall–Kier alpha value is -1.46. The second-order valence-electron chi connectivity index (χ2n) is 3.99. The van der Waals surface area contributed by atoms with Gasteiger partial charge in [-0.3, -0.25) is 9.78 Å². The van der Waals surface area contributed by atoms with Crippen LogP contribution in [0.15, 0.2) is 46.4 Å². The summed E-state index contributed by atoms with van der Waals surface area (Å²) < 4.78 is 1.08. The minimum absolute atomic E-state index is 0.0322. The highest BCUT2D eigenvalue weighted by Gasteiger charge is 2.07. The van der Waals surface area contributed by atoms with E-state index in [4.69, 9.17) is 0 Å². The van der Waals surface area contributed by atoms with Crippen molar-refractivity contribution in [2.75, 3.05) is 7.05 Å². The molecule has 0 spiro atoms. The molecule has 0 unspecified atom stereocenters. The Morgan fingerprint density at radius 2 is 2.26 bits per heavy atom. The fraction of sp³-hybridized carbons (Fsp3) is 0.143. The predicted molar refractivity (Wildman–Crippen MR) is 81.8 cm³/mol. The van der Waals surface area contributed by atoms with Gasteiger partial charge in [-0.25, -0.2) is 0 Å². The van der Waals surface area contributed by atoms with Crippen molar-refractivity contribution in [2.24, 2.45) is 0 Å². The lowest BCUT2D eigenvalue weighted by molar-refractivity contribution is -0.125. The molecule has 3 nitrogen and oxygen atoms in total. The SMILES string of the molecule is CN(Cc1ccc(Br)s1)C(=O)C=Cc1ccccn1. The molecule has 0 bridgehead atoms. The van der Waals surface area contributed by atoms with Gasteiger partial charge >= 0.3 is 0 Å². The maximum Gasteiger partial charge on any atom is 0.246 e. The number of thiophene rings is 1. The average molecular weight is 337 g/mol. The molecule has 1 amide bonds. The van der Waals surface area contributed by atoms with E-state index in [9.17, 15) is 4.79 Å². The zero-order chi connectivity index (χ0) is 13.7. The van der Waals surface area contributed by atoms with Crippen molar-refractivity contribution >= 4 is 39.2 Å². The van der Waals surface area contributed by atoms with E-state index >= 15 is 0 Å². The minimum atomic E-state index is -0.0322. The largest absolute Gasteiger partial charge is 0.337 e. The Kier molecular flexibility index (Phi) is 4.87. The molecule has 0 aliphatic rings. The zero-order valence-electron chi connectivity index (χ0n) is 10.4. The third-order valence-electron chi connectivity index (χ3n) is 2.48. The van der Waals surface area contributed by atoms with Crippen LogP contribution >= 0.6 is 27.3 Å². The van der Waals surface area contributed by atoms with Crippen molar-refractivity contribution in [1.82, 2.24) is 9.88 Å². The first kappa shape index (κ1) is 14.0. The number of aromatic nitrogens is 1. The highest BCUT2D eigenvalue weighted by molar-refractivity contribution is 9.11. The number of carbonyl (C=O) groups excluding carboxylic acids is 1. The fourth-order valence-electron chi connectivity index (χ4n) is 1.51. The van der Waals surface area contributed by atoms with E-state index in [1.54, 1.807) is 41.6 Å². The van der Waals surface area contributed by atoms with Crippen molar-refractivity contribution in [3.8, 4) is 0 Å². The molecule has 0 saturated carbocycles. The van der Waals surface area contributed by atoms with Gasteiger partial charge in [0.2, 0.25) is 5.91 Å². The summed E-state index contributed by atoms with van der Waals surface area (Å²) in [5.74, 6) is -0.0322. The summed E-state index contributed by atoms with van der Waals surface area (Å²) in [7, 11) is 1.79. The van der Waals surface area contributed by atoms with Gasteiger partial charge in [0.05, 0.1) is 16.0 Å². The second-order valence-corrected chi connectivity index (χ2v) is 6.54. The summed E-state index contributed by atoms with van der Waals surface area (Å²) in [5.41, 5.74) is 0.781. The number of pyridine rings is 1. The summed E-state index contributed by atoms with van der Waals surface area (Å²) >= 11 is 5.05. The number of hydrogen-bond donors (Lipinski definition) is 0. The third-order valence-corrected chi connectivity index (χ3v) is 4.09. The summed E-state index contributed by atoms with van der Waals surface area (Å²) in [5, 5.41) is 0. The molecule has 0 saturated heterocycles. The van der Waals surface area contributed by atoms with Crippen LogP contribution in [0, 0.1) is 0 Å². The quantitative estimate of drug-likeness (QED) is 0.799. The van der Waals surface area contributed by atoms with Gasteiger partial charge in [-0.05, 0) is 46.3 Å². The van der Waals surface area contributed by atoms with Crippen LogP contribution in [0.5, 0.6) is 0 Å². The van der Waals surface area contributed by atoms with Gasteiger partial charge in [0, 0.05) is 24.2 Å². The normalized spacial score (nSPS) is 10.8. The average Bonchev–Trinajstić information content (AvgIpc) is 2.82. The smallest absolute Gasteiger partial charge is 0.246 e. The molecule has 0 N–H and O–H groups in total. The van der Waals surface area contributed by atoms with E-state index in [2.05, 4.69) is 20.9 Å². The molecule has 2 rings (SSSR count). The van der Waals surface area contributed by atoms with Crippen molar-refractivity contribution in [3.63, 3.8) is 0 Å². The van der Waals surface area contributed by atoms with Gasteiger partial charge < -0.3 is 4.90 Å². The van der Waals surface area contributed by atoms with Crippen LogP contribution in [0.1, 0.15) is 10.6 Å². The molecular formula is C14H13BrN2OS. The maximum absolute atomic E-state index is 11.9. The first-order valence-electron chi connectivity index (χ1n) is 5.73. The van der Waals surface area contributed by atoms with Gasteiger partial charge in [0.1, 0.15) is 0 Å². The van der Waals surface area contributed by atoms with Gasteiger partial charge in [-0.2, -0.15) is 0 Å². The summed E-state index contributed by atoms with van der Waals surface area (Å²) in [6.45, 7) is 0.613. The van der Waals surface area contributed by atoms with E-state index < -0.39 is 0 Å². The number of nitrogens with zero attached hydrogens (tertiary/aromatic N) is 2. The number of carbonyl (C=O) groups is 1. The van der Waals surface area contributed by atoms with Crippen LogP contribution in [-0.2, 0) is 11.3 Å². The topological polar surface area (TPSA) is 33.2 Å². The molecule has 0 aromatic carbocycles. The molecule has 2 aromatic heterocycles. The van der Waals surface area contributed by atoms with Gasteiger partial charge in [0.15, 0.2) is 0 Å². The Morgan fingerprint density at radius 3 is 2.89 bits per heavy atom. The first-order chi connectivity index (χ1) is 9.15. The van der Waals surface area contributed by atoms with E-state index in [0.717, 1.165) is 14.4 Å². The Labute approximate surface area is 124 Å². The molecule has 0 aliphatic carbocycles. The summed E-state index contributed by atoms with van der Waals surface area (Å²) in [6, 6.07) is 9.60. The number of amides is 1. The van der Waals surface area contributed by atoms with Crippen LogP contribution in [0.4, 0.5) is 0 Å². The summed E-state index contributed by atoms with van der Waals surface area (Å²) in [6.07, 6.45) is 4.98. The highest BCUT2D eigenvalue weighted by Crippen LogP contribution is 2.23. The van der Waals surface area contributed by atoms with Crippen LogP contribution < -0.4 is 0 Å². The lowest BCUT2D eigenvalue weighted by Crippen LogP contribution is -2.23. The minimum Gasteiger partial charge on any atom is -0.337 e. The van der Waals surface area contributed by atoms with Crippen molar-refractivity contribution in [1.29, 1.82) is 0 Å². The highest BCUT2D eigenvalue weighted by atomic mass is 79.9. The van der Waals surface area contributed by atoms with Crippen molar-refractivity contribution in [2.45, 2.75) is 6.54 Å². The van der Waals surface area contributed by atoms with Crippen LogP contribution in [0.2, 0.25) is 0 Å². The number of halogens is 1. The monoisotopic (exact) mass is 336 g/mol. The molecule has 98 valence electrons. The number of likely N-dealkylation sites (N-methyl/N-ethyl adjacent to an activating group) is 1. The van der Waals surface area contributed by atoms with E-state index in [1.807, 2.05) is 30.3 Å². The van der Waals surface area contributed by atoms with Crippen LogP contribution in [0.25, 0.3) is 6.08 Å². The maximum atomic E-state index is 11.9. The second kappa shape index (κ2) is 6.63. The molecule has 5 heteroatoms. The van der Waals surface area contributed by atoms with Crippen molar-refractivity contribution < 1.29 is 4.79 Å². The van der Waals surface area contributed by atoms with E-state index in [-0.39, 0.29) is 5.91 Å². The zero-order valence-corrected chi connectivity index (χ0v) is 12.8. The van der Waals surface area contributed by atoms with Crippen LogP contribution in [0.3, 0.4) is 0 Å². The number of rotatable bonds is 4. The molecule has 0 atom stereocenters. The Morgan fingerprint density at radius 1 is 1.42 bits per heavy atom. The summed E-state index contributed by atoms with van der Waals surface area (Å²) in [4.78, 5) is 18.9. The Bertz CT molecular complexity index is 580. The Balaban J connectivity index is 1.94. The molecule has 0 aliphatic heterocycles. The van der Waals surface area contributed by atoms with Crippen molar-refractivity contribution in [3.05, 3.63) is 57.0 Å². The third kappa shape index (κ3) is 4.29. The fourth-order valence-corrected chi connectivity index (χ4v) is 3.04. The van der Waals surface area contributed by atoms with Crippen LogP contribution in [-0.4, -0.2) is 22.8 Å². The molecule has 2 aromatic rings. The molecule has 19 heavy (non-hydrogen) atoms. The lowest BCUT2D eigenvalue weighted by Gasteiger charge is -2.13. The van der Waals surface area contributed by atoms with Gasteiger partial charge in [-0.15, -0.1) is 11.3 Å². The van der Waals surface area contributed by atoms with Gasteiger partial charge in [0.25, 0.3) is 0 Å². The standard InChI is InChI=1S/C14H13BrN2OS/c1-17(10-12-6-7-13(15)19-12)14(18)8-5-11-4-2-3-9-16-11/h2-9H,10H2,1H3. The first-order valence-corrected chi connectivity index (χ1v) is 7.34. The van der Waals surface area contributed by atoms with Gasteiger partial charge in [-0.1, -0.05) is 6.07 Å².